The van der Waals surface area contributed by atoms with Crippen LogP contribution in [0.3, 0.4) is 0 Å². The summed E-state index contributed by atoms with van der Waals surface area (Å²) in [6.07, 6.45) is 2.64. The zero-order valence-corrected chi connectivity index (χ0v) is 17.8. The van der Waals surface area contributed by atoms with Crippen molar-refractivity contribution >= 4 is 33.4 Å². The number of halogens is 1. The second-order valence-electron chi connectivity index (χ2n) is 7.14. The number of hydrogen-bond acceptors (Lipinski definition) is 4. The summed E-state index contributed by atoms with van der Waals surface area (Å²) in [5, 5.41) is 5.92. The van der Waals surface area contributed by atoms with E-state index in [1.54, 1.807) is 0 Å². The summed E-state index contributed by atoms with van der Waals surface area (Å²) in [5.74, 6) is 0.130. The highest BCUT2D eigenvalue weighted by molar-refractivity contribution is 9.10. The second-order valence-corrected chi connectivity index (χ2v) is 8.00. The predicted octanol–water partition coefficient (Wildman–Crippen LogP) is 3.03. The van der Waals surface area contributed by atoms with Gasteiger partial charge in [0.25, 0.3) is 0 Å². The minimum absolute atomic E-state index is 0.0324. The first-order valence-electron chi connectivity index (χ1n) is 9.61. The van der Waals surface area contributed by atoms with Crippen LogP contribution in [-0.2, 0) is 14.3 Å². The molecule has 0 aromatic heterocycles. The van der Waals surface area contributed by atoms with Crippen molar-refractivity contribution in [1.82, 2.24) is 10.2 Å². The van der Waals surface area contributed by atoms with E-state index in [0.29, 0.717) is 19.7 Å². The van der Waals surface area contributed by atoms with E-state index >= 15 is 0 Å². The molecule has 0 unspecified atom stereocenters. The van der Waals surface area contributed by atoms with Crippen molar-refractivity contribution in [1.29, 1.82) is 0 Å². The van der Waals surface area contributed by atoms with Crippen LogP contribution in [0.15, 0.2) is 28.7 Å². The zero-order chi connectivity index (χ0) is 19.6. The molecule has 1 aromatic rings. The van der Waals surface area contributed by atoms with Crippen LogP contribution in [0.5, 0.6) is 0 Å². The highest BCUT2D eigenvalue weighted by Crippen LogP contribution is 2.21. The van der Waals surface area contributed by atoms with Crippen LogP contribution in [0, 0.1) is 5.92 Å². The van der Waals surface area contributed by atoms with Gasteiger partial charge in [-0.2, -0.15) is 0 Å². The number of likely N-dealkylation sites (tertiary alicyclic amines) is 1. The van der Waals surface area contributed by atoms with Crippen LogP contribution >= 0.6 is 15.9 Å². The van der Waals surface area contributed by atoms with E-state index < -0.39 is 0 Å². The quantitative estimate of drug-likeness (QED) is 0.580. The third-order valence-corrected chi connectivity index (χ3v) is 5.24. The number of carbonyl (C=O) groups excluding carboxylic acids is 2. The van der Waals surface area contributed by atoms with Crippen molar-refractivity contribution < 1.29 is 14.3 Å². The Morgan fingerprint density at radius 3 is 2.63 bits per heavy atom. The minimum Gasteiger partial charge on any atom is -0.379 e. The molecule has 150 valence electrons. The summed E-state index contributed by atoms with van der Waals surface area (Å²) in [7, 11) is 0. The van der Waals surface area contributed by atoms with Gasteiger partial charge in [0.1, 0.15) is 0 Å². The van der Waals surface area contributed by atoms with E-state index in [2.05, 4.69) is 31.5 Å². The number of benzene rings is 1. The lowest BCUT2D eigenvalue weighted by molar-refractivity contribution is -0.126. The summed E-state index contributed by atoms with van der Waals surface area (Å²) in [5.41, 5.74) is 0.776. The Hall–Kier alpha value is -1.44. The highest BCUT2D eigenvalue weighted by atomic mass is 79.9. The Labute approximate surface area is 170 Å². The van der Waals surface area contributed by atoms with Crippen LogP contribution in [0.2, 0.25) is 0 Å². The van der Waals surface area contributed by atoms with Gasteiger partial charge in [-0.3, -0.25) is 14.5 Å². The third-order valence-electron chi connectivity index (χ3n) is 4.55. The van der Waals surface area contributed by atoms with Crippen LogP contribution in [0.25, 0.3) is 0 Å². The van der Waals surface area contributed by atoms with Crippen molar-refractivity contribution in [3.05, 3.63) is 28.7 Å². The average molecular weight is 440 g/mol. The van der Waals surface area contributed by atoms with Gasteiger partial charge in [0.2, 0.25) is 11.8 Å². The number of nitrogens with zero attached hydrogens (tertiary/aromatic N) is 1. The van der Waals surface area contributed by atoms with E-state index in [-0.39, 0.29) is 23.8 Å². The molecule has 7 heteroatoms. The van der Waals surface area contributed by atoms with Crippen molar-refractivity contribution in [3.63, 3.8) is 0 Å². The number of anilines is 1. The molecule has 0 aliphatic carbocycles. The number of nitrogens with one attached hydrogen (secondary N) is 2. The molecule has 0 saturated carbocycles. The molecule has 1 heterocycles. The summed E-state index contributed by atoms with van der Waals surface area (Å²) in [6.45, 7) is 7.21. The molecule has 1 aliphatic heterocycles. The minimum atomic E-state index is -0.0324. The zero-order valence-electron chi connectivity index (χ0n) is 16.2. The summed E-state index contributed by atoms with van der Waals surface area (Å²) in [4.78, 5) is 26.6. The molecule has 1 aromatic carbocycles. The van der Waals surface area contributed by atoms with Gasteiger partial charge < -0.3 is 15.4 Å². The van der Waals surface area contributed by atoms with Crippen molar-refractivity contribution in [3.8, 4) is 0 Å². The maximum Gasteiger partial charge on any atom is 0.238 e. The van der Waals surface area contributed by atoms with Gasteiger partial charge in [0.05, 0.1) is 18.3 Å². The molecule has 0 radical (unpaired) electrons. The van der Waals surface area contributed by atoms with Crippen LogP contribution < -0.4 is 10.6 Å². The van der Waals surface area contributed by atoms with Gasteiger partial charge in [0.15, 0.2) is 0 Å². The lowest BCUT2D eigenvalue weighted by Gasteiger charge is -2.30. The maximum atomic E-state index is 12.2. The monoisotopic (exact) mass is 439 g/mol. The second kappa shape index (κ2) is 11.4. The number of amides is 2. The van der Waals surface area contributed by atoms with E-state index in [4.69, 9.17) is 4.74 Å². The van der Waals surface area contributed by atoms with Gasteiger partial charge in [-0.05, 0) is 74.3 Å². The molecule has 6 nitrogen and oxygen atoms in total. The molecule has 0 bridgehead atoms. The Morgan fingerprint density at radius 2 is 1.96 bits per heavy atom. The molecular formula is C20H30BrN3O3. The third kappa shape index (κ3) is 7.99. The first-order chi connectivity index (χ1) is 13.0. The first-order valence-corrected chi connectivity index (χ1v) is 10.4. The van der Waals surface area contributed by atoms with Gasteiger partial charge in [-0.25, -0.2) is 0 Å². The number of hydrogen-bond donors (Lipinski definition) is 2. The van der Waals surface area contributed by atoms with Crippen LogP contribution in [-0.4, -0.2) is 55.6 Å². The predicted molar refractivity (Wildman–Crippen MR) is 111 cm³/mol. The number of piperidine rings is 1. The van der Waals surface area contributed by atoms with Gasteiger partial charge in [0, 0.05) is 23.5 Å². The maximum absolute atomic E-state index is 12.2. The van der Waals surface area contributed by atoms with Crippen molar-refractivity contribution in [2.75, 3.05) is 38.1 Å². The van der Waals surface area contributed by atoms with Crippen LogP contribution in [0.4, 0.5) is 5.69 Å². The van der Waals surface area contributed by atoms with E-state index in [1.165, 1.54) is 0 Å². The molecule has 0 spiro atoms. The van der Waals surface area contributed by atoms with Crippen LogP contribution in [0.1, 0.15) is 33.1 Å². The molecule has 1 aliphatic rings. The van der Waals surface area contributed by atoms with Gasteiger partial charge in [-0.15, -0.1) is 0 Å². The fraction of sp³-hybridized carbons (Fsp3) is 0.600. The largest absolute Gasteiger partial charge is 0.379 e. The lowest BCUT2D eigenvalue weighted by Crippen LogP contribution is -2.43. The Bertz CT molecular complexity index is 616. The summed E-state index contributed by atoms with van der Waals surface area (Å²) >= 11 is 3.43. The fourth-order valence-electron chi connectivity index (χ4n) is 3.06. The number of rotatable bonds is 9. The van der Waals surface area contributed by atoms with E-state index in [0.717, 1.165) is 42.5 Å². The molecule has 2 amide bonds. The summed E-state index contributed by atoms with van der Waals surface area (Å²) in [6, 6.07) is 7.56. The smallest absolute Gasteiger partial charge is 0.238 e. The normalized spacial score (nSPS) is 15.7. The van der Waals surface area contributed by atoms with Gasteiger partial charge >= 0.3 is 0 Å². The van der Waals surface area contributed by atoms with E-state index in [1.807, 2.05) is 38.1 Å². The van der Waals surface area contributed by atoms with Gasteiger partial charge in [-0.1, -0.05) is 12.1 Å². The highest BCUT2D eigenvalue weighted by Gasteiger charge is 2.25. The average Bonchev–Trinajstić information content (AvgIpc) is 2.63. The SMILES string of the molecule is CC(C)OCCCNC(=O)C1CCN(CC(=O)Nc2ccccc2Br)CC1. The molecule has 2 rings (SSSR count). The molecule has 27 heavy (non-hydrogen) atoms. The first kappa shape index (κ1) is 21.9. The number of carbonyl (C=O) groups is 2. The molecule has 2 N–H and O–H groups in total. The number of ether oxygens (including phenoxy) is 1. The topological polar surface area (TPSA) is 70.7 Å². The standard InChI is InChI=1S/C20H30BrN3O3/c1-15(2)27-13-5-10-22-20(26)16-8-11-24(12-9-16)14-19(25)23-18-7-4-3-6-17(18)21/h3-4,6-7,15-16H,5,8-14H2,1-2H3,(H,22,26)(H,23,25). The van der Waals surface area contributed by atoms with E-state index in [9.17, 15) is 9.59 Å². The fourth-order valence-corrected chi connectivity index (χ4v) is 3.44. The molecular weight excluding hydrogens is 410 g/mol. The molecule has 0 atom stereocenters. The Balaban J connectivity index is 1.64. The Morgan fingerprint density at radius 1 is 1.26 bits per heavy atom. The number of para-hydroxylation sites is 1. The molecule has 1 fully saturated rings. The molecule has 1 saturated heterocycles. The van der Waals surface area contributed by atoms with Crippen molar-refractivity contribution in [2.24, 2.45) is 5.92 Å². The lowest BCUT2D eigenvalue weighted by atomic mass is 9.96. The summed E-state index contributed by atoms with van der Waals surface area (Å²) < 4.78 is 6.34. The van der Waals surface area contributed by atoms with Crippen molar-refractivity contribution in [2.45, 2.75) is 39.2 Å². The Kier molecular flexibility index (Phi) is 9.24.